The highest BCUT2D eigenvalue weighted by atomic mass is 16.5. The Hall–Kier alpha value is -4.13. The first-order chi connectivity index (χ1) is 17.8. The quantitative estimate of drug-likeness (QED) is 0.452. The average molecular weight is 500 g/mol. The van der Waals surface area contributed by atoms with Crippen molar-refractivity contribution in [3.8, 4) is 5.75 Å². The van der Waals surface area contributed by atoms with E-state index >= 15 is 0 Å². The van der Waals surface area contributed by atoms with Crippen molar-refractivity contribution in [3.63, 3.8) is 0 Å². The monoisotopic (exact) mass is 499 g/mol. The third-order valence-electron chi connectivity index (χ3n) is 6.66. The van der Waals surface area contributed by atoms with E-state index in [9.17, 15) is 14.4 Å². The summed E-state index contributed by atoms with van der Waals surface area (Å²) in [5.74, 6) is -0.326. The van der Waals surface area contributed by atoms with Crippen LogP contribution in [-0.4, -0.2) is 30.9 Å². The van der Waals surface area contributed by atoms with Gasteiger partial charge in [0.05, 0.1) is 5.92 Å². The van der Waals surface area contributed by atoms with Gasteiger partial charge in [-0.2, -0.15) is 0 Å². The molecule has 0 saturated carbocycles. The van der Waals surface area contributed by atoms with E-state index in [2.05, 4.69) is 29.7 Å². The van der Waals surface area contributed by atoms with Gasteiger partial charge in [-0.25, -0.2) is 0 Å². The first kappa shape index (κ1) is 25.9. The molecule has 192 valence electrons. The van der Waals surface area contributed by atoms with Crippen molar-refractivity contribution in [2.45, 2.75) is 40.2 Å². The van der Waals surface area contributed by atoms with E-state index in [0.717, 1.165) is 28.8 Å². The standard InChI is InChI=1S/C30H33N3O4/c1-4-22-8-10-23(11-9-22)17-31-30(36)24-16-28(35)33(18-24)25-12-14-26(15-13-25)37-19-27(34)32-29-20(2)6-5-7-21(29)3/h5-15,24H,4,16-19H2,1-3H3,(H,31,36)(H,32,34)/t24-/m1/s1. The smallest absolute Gasteiger partial charge is 0.262 e. The summed E-state index contributed by atoms with van der Waals surface area (Å²) in [5, 5.41) is 5.85. The summed E-state index contributed by atoms with van der Waals surface area (Å²) in [6.45, 7) is 6.64. The summed E-state index contributed by atoms with van der Waals surface area (Å²) in [6.07, 6.45) is 1.15. The first-order valence-electron chi connectivity index (χ1n) is 12.6. The maximum atomic E-state index is 12.7. The van der Waals surface area contributed by atoms with Gasteiger partial charge in [-0.05, 0) is 66.8 Å². The molecule has 1 heterocycles. The predicted molar refractivity (Wildman–Crippen MR) is 145 cm³/mol. The molecule has 3 aromatic rings. The molecule has 1 aliphatic rings. The van der Waals surface area contributed by atoms with E-state index < -0.39 is 5.92 Å². The molecular formula is C30H33N3O4. The molecule has 1 atom stereocenters. The second-order valence-corrected chi connectivity index (χ2v) is 9.39. The van der Waals surface area contributed by atoms with Crippen LogP contribution in [0.4, 0.5) is 11.4 Å². The van der Waals surface area contributed by atoms with Crippen molar-refractivity contribution in [1.82, 2.24) is 5.32 Å². The SMILES string of the molecule is CCc1ccc(CNC(=O)[C@@H]2CC(=O)N(c3ccc(OCC(=O)Nc4c(C)cccc4C)cc3)C2)cc1. The minimum Gasteiger partial charge on any atom is -0.484 e. The summed E-state index contributed by atoms with van der Waals surface area (Å²) in [7, 11) is 0. The molecule has 0 spiro atoms. The Morgan fingerprint density at radius 3 is 2.24 bits per heavy atom. The highest BCUT2D eigenvalue weighted by molar-refractivity contribution is 6.00. The zero-order valence-corrected chi connectivity index (χ0v) is 21.5. The Morgan fingerprint density at radius 2 is 1.59 bits per heavy atom. The summed E-state index contributed by atoms with van der Waals surface area (Å²) in [6, 6.07) is 21.0. The summed E-state index contributed by atoms with van der Waals surface area (Å²) in [5.41, 5.74) is 5.76. The molecule has 4 rings (SSSR count). The number of benzene rings is 3. The number of amides is 3. The van der Waals surface area contributed by atoms with Gasteiger partial charge in [-0.15, -0.1) is 0 Å². The van der Waals surface area contributed by atoms with Crippen LogP contribution in [0.25, 0.3) is 0 Å². The number of carbonyl (C=O) groups is 3. The lowest BCUT2D eigenvalue weighted by atomic mass is 10.1. The van der Waals surface area contributed by atoms with Crippen LogP contribution in [0.15, 0.2) is 66.7 Å². The number of carbonyl (C=O) groups excluding carboxylic acids is 3. The van der Waals surface area contributed by atoms with Crippen molar-refractivity contribution in [1.29, 1.82) is 0 Å². The molecule has 1 fully saturated rings. The van der Waals surface area contributed by atoms with Crippen molar-refractivity contribution in [3.05, 3.63) is 89.0 Å². The average Bonchev–Trinajstić information content (AvgIpc) is 3.30. The Balaban J connectivity index is 1.27. The number of hydrogen-bond donors (Lipinski definition) is 2. The van der Waals surface area contributed by atoms with Crippen molar-refractivity contribution in [2.24, 2.45) is 5.92 Å². The second kappa shape index (κ2) is 11.7. The molecule has 0 bridgehead atoms. The summed E-state index contributed by atoms with van der Waals surface area (Å²) in [4.78, 5) is 39.3. The highest BCUT2D eigenvalue weighted by Crippen LogP contribution is 2.27. The topological polar surface area (TPSA) is 87.7 Å². The molecule has 0 aromatic heterocycles. The van der Waals surface area contributed by atoms with Gasteiger partial charge in [-0.1, -0.05) is 49.4 Å². The fourth-order valence-corrected chi connectivity index (χ4v) is 4.42. The lowest BCUT2D eigenvalue weighted by molar-refractivity contribution is -0.126. The maximum Gasteiger partial charge on any atom is 0.262 e. The fourth-order valence-electron chi connectivity index (χ4n) is 4.42. The lowest BCUT2D eigenvalue weighted by Gasteiger charge is -2.17. The van der Waals surface area contributed by atoms with Crippen LogP contribution in [0.1, 0.15) is 35.6 Å². The summed E-state index contributed by atoms with van der Waals surface area (Å²) >= 11 is 0. The Kier molecular flexibility index (Phi) is 8.23. The van der Waals surface area contributed by atoms with E-state index in [1.165, 1.54) is 5.56 Å². The van der Waals surface area contributed by atoms with Crippen molar-refractivity contribution in [2.75, 3.05) is 23.4 Å². The number of hydrogen-bond acceptors (Lipinski definition) is 4. The fraction of sp³-hybridized carbons (Fsp3) is 0.300. The van der Waals surface area contributed by atoms with Gasteiger partial charge in [-0.3, -0.25) is 14.4 Å². The van der Waals surface area contributed by atoms with Crippen molar-refractivity contribution < 1.29 is 19.1 Å². The normalized spacial score (nSPS) is 14.9. The predicted octanol–water partition coefficient (Wildman–Crippen LogP) is 4.55. The van der Waals surface area contributed by atoms with Gasteiger partial charge >= 0.3 is 0 Å². The number of rotatable bonds is 9. The van der Waals surface area contributed by atoms with E-state index in [-0.39, 0.29) is 30.7 Å². The molecule has 0 radical (unpaired) electrons. The van der Waals surface area contributed by atoms with Crippen LogP contribution in [0.2, 0.25) is 0 Å². The molecule has 0 unspecified atom stereocenters. The number of ether oxygens (including phenoxy) is 1. The third-order valence-corrected chi connectivity index (χ3v) is 6.66. The van der Waals surface area contributed by atoms with E-state index in [1.807, 2.05) is 44.2 Å². The van der Waals surface area contributed by atoms with Gasteiger partial charge in [0.25, 0.3) is 5.91 Å². The van der Waals surface area contributed by atoms with Crippen LogP contribution >= 0.6 is 0 Å². The van der Waals surface area contributed by atoms with Crippen LogP contribution in [0.5, 0.6) is 5.75 Å². The van der Waals surface area contributed by atoms with Crippen LogP contribution in [0, 0.1) is 19.8 Å². The Morgan fingerprint density at radius 1 is 0.946 bits per heavy atom. The number of anilines is 2. The van der Waals surface area contributed by atoms with Gasteiger partial charge in [0, 0.05) is 30.9 Å². The first-order valence-corrected chi connectivity index (χ1v) is 12.6. The molecule has 3 aromatic carbocycles. The number of nitrogens with one attached hydrogen (secondary N) is 2. The maximum absolute atomic E-state index is 12.7. The van der Waals surface area contributed by atoms with E-state index in [4.69, 9.17) is 4.74 Å². The lowest BCUT2D eigenvalue weighted by Crippen LogP contribution is -2.32. The second-order valence-electron chi connectivity index (χ2n) is 9.39. The highest BCUT2D eigenvalue weighted by Gasteiger charge is 2.35. The van der Waals surface area contributed by atoms with Gasteiger partial charge < -0.3 is 20.3 Å². The molecule has 7 heteroatoms. The molecule has 1 saturated heterocycles. The number of nitrogens with zero attached hydrogens (tertiary/aromatic N) is 1. The molecule has 7 nitrogen and oxygen atoms in total. The van der Waals surface area contributed by atoms with Crippen molar-refractivity contribution >= 4 is 29.1 Å². The van der Waals surface area contributed by atoms with E-state index in [0.29, 0.717) is 24.5 Å². The minimum absolute atomic E-state index is 0.0888. The van der Waals surface area contributed by atoms with E-state index in [1.54, 1.807) is 29.2 Å². The zero-order valence-electron chi connectivity index (χ0n) is 21.5. The van der Waals surface area contributed by atoms with Gasteiger partial charge in [0.15, 0.2) is 6.61 Å². The van der Waals surface area contributed by atoms with Gasteiger partial charge in [0.1, 0.15) is 5.75 Å². The largest absolute Gasteiger partial charge is 0.484 e. The van der Waals surface area contributed by atoms with Gasteiger partial charge in [0.2, 0.25) is 11.8 Å². The molecule has 1 aliphatic heterocycles. The van der Waals surface area contributed by atoms with Crippen LogP contribution in [-0.2, 0) is 27.3 Å². The molecule has 2 N–H and O–H groups in total. The molecular weight excluding hydrogens is 466 g/mol. The Labute approximate surface area is 217 Å². The molecule has 0 aliphatic carbocycles. The Bertz CT molecular complexity index is 1250. The third kappa shape index (κ3) is 6.55. The molecule has 3 amide bonds. The molecule has 37 heavy (non-hydrogen) atoms. The zero-order chi connectivity index (χ0) is 26.4. The number of para-hydroxylation sites is 1. The minimum atomic E-state index is -0.396. The number of aryl methyl sites for hydroxylation is 3. The van der Waals surface area contributed by atoms with Crippen LogP contribution in [0.3, 0.4) is 0 Å². The summed E-state index contributed by atoms with van der Waals surface area (Å²) < 4.78 is 5.63. The van der Waals surface area contributed by atoms with Crippen LogP contribution < -0.4 is 20.3 Å².